The Hall–Kier alpha value is -0.610. The Morgan fingerprint density at radius 2 is 2.31 bits per heavy atom. The lowest BCUT2D eigenvalue weighted by Gasteiger charge is -2.35. The van der Waals surface area contributed by atoms with Crippen molar-refractivity contribution in [1.29, 1.82) is 0 Å². The average molecular weight is 240 g/mol. The normalized spacial score (nSPS) is 21.4. The second-order valence-electron chi connectivity index (χ2n) is 4.41. The highest BCUT2D eigenvalue weighted by atomic mass is 32.1. The Morgan fingerprint density at radius 3 is 2.94 bits per heavy atom. The predicted molar refractivity (Wildman–Crippen MR) is 68.0 cm³/mol. The van der Waals surface area contributed by atoms with E-state index < -0.39 is 0 Å². The molecule has 1 aromatic heterocycles. The van der Waals surface area contributed by atoms with Gasteiger partial charge in [-0.3, -0.25) is 0 Å². The molecule has 1 saturated heterocycles. The van der Waals surface area contributed by atoms with Crippen LogP contribution < -0.4 is 4.90 Å². The molecule has 1 unspecified atom stereocenters. The number of anilines is 1. The zero-order valence-electron chi connectivity index (χ0n) is 10.1. The van der Waals surface area contributed by atoms with Crippen molar-refractivity contribution in [3.05, 3.63) is 10.6 Å². The van der Waals surface area contributed by atoms with E-state index in [-0.39, 0.29) is 6.61 Å². The molecule has 0 aromatic carbocycles. The highest BCUT2D eigenvalue weighted by Gasteiger charge is 2.23. The van der Waals surface area contributed by atoms with Crippen molar-refractivity contribution in [1.82, 2.24) is 4.98 Å². The highest BCUT2D eigenvalue weighted by Crippen LogP contribution is 2.31. The van der Waals surface area contributed by atoms with Gasteiger partial charge in [-0.05, 0) is 32.6 Å². The Labute approximate surface area is 101 Å². The minimum absolute atomic E-state index is 0.119. The number of aliphatic hydroxyl groups is 1. The second kappa shape index (κ2) is 5.15. The molecule has 1 aliphatic rings. The lowest BCUT2D eigenvalue weighted by atomic mass is 10.0. The molecule has 3 nitrogen and oxygen atoms in total. The summed E-state index contributed by atoms with van der Waals surface area (Å²) in [5.74, 6) is 0. The minimum Gasteiger partial charge on any atom is -0.391 e. The van der Waals surface area contributed by atoms with E-state index in [1.165, 1.54) is 25.7 Å². The Kier molecular flexibility index (Phi) is 3.82. The summed E-state index contributed by atoms with van der Waals surface area (Å²) in [6, 6.07) is 0.644. The third-order valence-corrected chi connectivity index (χ3v) is 4.55. The first-order chi connectivity index (χ1) is 7.76. The molecule has 2 rings (SSSR count). The van der Waals surface area contributed by atoms with Crippen molar-refractivity contribution in [2.75, 3.05) is 11.4 Å². The maximum absolute atomic E-state index is 9.21. The fourth-order valence-corrected chi connectivity index (χ4v) is 3.38. The molecule has 16 heavy (non-hydrogen) atoms. The van der Waals surface area contributed by atoms with Crippen molar-refractivity contribution in [2.24, 2.45) is 0 Å². The first kappa shape index (κ1) is 11.9. The summed E-state index contributed by atoms with van der Waals surface area (Å²) in [4.78, 5) is 8.03. The zero-order valence-corrected chi connectivity index (χ0v) is 10.9. The fourth-order valence-electron chi connectivity index (χ4n) is 2.36. The molecule has 1 fully saturated rings. The maximum Gasteiger partial charge on any atom is 0.186 e. The SMILES string of the molecule is CCC1CCCCN1c1nc(C)c(CO)s1. The van der Waals surface area contributed by atoms with Crippen LogP contribution >= 0.6 is 11.3 Å². The largest absolute Gasteiger partial charge is 0.391 e. The lowest BCUT2D eigenvalue weighted by Crippen LogP contribution is -2.39. The standard InChI is InChI=1S/C12H20N2OS/c1-3-10-6-4-5-7-14(10)12-13-9(2)11(8-15)16-12/h10,15H,3-8H2,1-2H3. The van der Waals surface area contributed by atoms with Gasteiger partial charge in [0.15, 0.2) is 5.13 Å². The van der Waals surface area contributed by atoms with Gasteiger partial charge in [-0.2, -0.15) is 0 Å². The quantitative estimate of drug-likeness (QED) is 0.882. The van der Waals surface area contributed by atoms with Gasteiger partial charge in [-0.25, -0.2) is 4.98 Å². The van der Waals surface area contributed by atoms with E-state index in [2.05, 4.69) is 16.8 Å². The molecule has 0 radical (unpaired) electrons. The molecule has 0 amide bonds. The fraction of sp³-hybridized carbons (Fsp3) is 0.750. The molecule has 0 saturated carbocycles. The molecule has 1 atom stereocenters. The van der Waals surface area contributed by atoms with Crippen LogP contribution in [0.5, 0.6) is 0 Å². The van der Waals surface area contributed by atoms with Crippen LogP contribution in [0.15, 0.2) is 0 Å². The smallest absolute Gasteiger partial charge is 0.186 e. The van der Waals surface area contributed by atoms with E-state index in [1.54, 1.807) is 11.3 Å². The van der Waals surface area contributed by atoms with Crippen LogP contribution in [-0.4, -0.2) is 22.7 Å². The Balaban J connectivity index is 2.20. The topological polar surface area (TPSA) is 36.4 Å². The van der Waals surface area contributed by atoms with Gasteiger partial charge in [-0.1, -0.05) is 18.3 Å². The van der Waals surface area contributed by atoms with Gasteiger partial charge in [0.1, 0.15) is 0 Å². The third-order valence-electron chi connectivity index (χ3n) is 3.37. The summed E-state index contributed by atoms with van der Waals surface area (Å²) >= 11 is 1.65. The van der Waals surface area contributed by atoms with Gasteiger partial charge in [-0.15, -0.1) is 0 Å². The van der Waals surface area contributed by atoms with E-state index in [0.29, 0.717) is 6.04 Å². The van der Waals surface area contributed by atoms with Crippen LogP contribution in [0, 0.1) is 6.92 Å². The molecule has 0 spiro atoms. The average Bonchev–Trinajstić information content (AvgIpc) is 2.70. The zero-order chi connectivity index (χ0) is 11.5. The van der Waals surface area contributed by atoms with Gasteiger partial charge >= 0.3 is 0 Å². The van der Waals surface area contributed by atoms with Gasteiger partial charge in [0, 0.05) is 12.6 Å². The number of thiazole rings is 1. The molecular formula is C12H20N2OS. The number of aliphatic hydroxyl groups excluding tert-OH is 1. The molecule has 1 aromatic rings. The van der Waals surface area contributed by atoms with E-state index >= 15 is 0 Å². The van der Waals surface area contributed by atoms with Crippen LogP contribution in [-0.2, 0) is 6.61 Å². The number of rotatable bonds is 3. The molecule has 4 heteroatoms. The van der Waals surface area contributed by atoms with Crippen molar-refractivity contribution >= 4 is 16.5 Å². The number of piperidine rings is 1. The Morgan fingerprint density at radius 1 is 1.50 bits per heavy atom. The molecule has 0 bridgehead atoms. The van der Waals surface area contributed by atoms with Gasteiger partial charge in [0.05, 0.1) is 17.2 Å². The van der Waals surface area contributed by atoms with E-state index in [1.807, 2.05) is 6.92 Å². The molecular weight excluding hydrogens is 220 g/mol. The monoisotopic (exact) mass is 240 g/mol. The molecule has 90 valence electrons. The highest BCUT2D eigenvalue weighted by molar-refractivity contribution is 7.15. The van der Waals surface area contributed by atoms with Crippen molar-refractivity contribution in [2.45, 2.75) is 52.2 Å². The second-order valence-corrected chi connectivity index (χ2v) is 5.48. The first-order valence-electron chi connectivity index (χ1n) is 6.10. The van der Waals surface area contributed by atoms with Crippen LogP contribution in [0.1, 0.15) is 43.2 Å². The molecule has 2 heterocycles. The van der Waals surface area contributed by atoms with Crippen LogP contribution in [0.25, 0.3) is 0 Å². The summed E-state index contributed by atoms with van der Waals surface area (Å²) in [6.07, 6.45) is 5.08. The van der Waals surface area contributed by atoms with E-state index in [9.17, 15) is 5.11 Å². The summed E-state index contributed by atoms with van der Waals surface area (Å²) in [7, 11) is 0. The van der Waals surface area contributed by atoms with Gasteiger partial charge in [0.25, 0.3) is 0 Å². The van der Waals surface area contributed by atoms with E-state index in [0.717, 1.165) is 22.2 Å². The molecule has 1 N–H and O–H groups in total. The van der Waals surface area contributed by atoms with Crippen LogP contribution in [0.4, 0.5) is 5.13 Å². The summed E-state index contributed by atoms with van der Waals surface area (Å²) < 4.78 is 0. The van der Waals surface area contributed by atoms with Crippen molar-refractivity contribution in [3.63, 3.8) is 0 Å². The third kappa shape index (κ3) is 2.23. The lowest BCUT2D eigenvalue weighted by molar-refractivity contribution is 0.284. The molecule has 0 aliphatic carbocycles. The first-order valence-corrected chi connectivity index (χ1v) is 6.91. The van der Waals surface area contributed by atoms with Crippen molar-refractivity contribution < 1.29 is 5.11 Å². The number of hydrogen-bond acceptors (Lipinski definition) is 4. The van der Waals surface area contributed by atoms with Gasteiger partial charge < -0.3 is 10.0 Å². The number of hydrogen-bond donors (Lipinski definition) is 1. The number of aryl methyl sites for hydroxylation is 1. The Bertz CT molecular complexity index is 351. The van der Waals surface area contributed by atoms with Crippen molar-refractivity contribution in [3.8, 4) is 0 Å². The molecule has 1 aliphatic heterocycles. The maximum atomic E-state index is 9.21. The van der Waals surface area contributed by atoms with Crippen LogP contribution in [0.3, 0.4) is 0 Å². The van der Waals surface area contributed by atoms with E-state index in [4.69, 9.17) is 0 Å². The van der Waals surface area contributed by atoms with Crippen LogP contribution in [0.2, 0.25) is 0 Å². The predicted octanol–water partition coefficient (Wildman–Crippen LogP) is 2.71. The van der Waals surface area contributed by atoms with Gasteiger partial charge in [0.2, 0.25) is 0 Å². The summed E-state index contributed by atoms with van der Waals surface area (Å²) in [6.45, 7) is 5.47. The number of aromatic nitrogens is 1. The summed E-state index contributed by atoms with van der Waals surface area (Å²) in [5.41, 5.74) is 0.989. The summed E-state index contributed by atoms with van der Waals surface area (Å²) in [5, 5.41) is 10.3. The number of nitrogens with zero attached hydrogens (tertiary/aromatic N) is 2. The minimum atomic E-state index is 0.119.